The number of aromatic amines is 1. The Kier molecular flexibility index (Phi) is 2.71. The van der Waals surface area contributed by atoms with Gasteiger partial charge in [-0.2, -0.15) is 0 Å². The summed E-state index contributed by atoms with van der Waals surface area (Å²) in [5.74, 6) is 0. The largest absolute Gasteiger partial charge is 0.343 e. The van der Waals surface area contributed by atoms with Crippen LogP contribution in [0.4, 0.5) is 0 Å². The van der Waals surface area contributed by atoms with E-state index in [2.05, 4.69) is 51.0 Å². The van der Waals surface area contributed by atoms with Crippen molar-refractivity contribution < 1.29 is 0 Å². The van der Waals surface area contributed by atoms with Gasteiger partial charge in [-0.3, -0.25) is 0 Å². The maximum Gasteiger partial charge on any atom is 0.139 e. The maximum absolute atomic E-state index is 4.50. The minimum Gasteiger partial charge on any atom is -0.343 e. The molecule has 0 saturated heterocycles. The van der Waals surface area contributed by atoms with E-state index < -0.39 is 0 Å². The van der Waals surface area contributed by atoms with Crippen molar-refractivity contribution >= 4 is 27.0 Å². The van der Waals surface area contributed by atoms with Crippen LogP contribution in [0, 0.1) is 0 Å². The Morgan fingerprint density at radius 3 is 3.00 bits per heavy atom. The first-order valence-corrected chi connectivity index (χ1v) is 6.77. The molecule has 0 spiro atoms. The van der Waals surface area contributed by atoms with Crippen molar-refractivity contribution in [1.82, 2.24) is 14.9 Å². The summed E-state index contributed by atoms with van der Waals surface area (Å²) in [5.41, 5.74) is 3.86. The molecule has 2 heterocycles. The van der Waals surface area contributed by atoms with Crippen LogP contribution in [0.5, 0.6) is 0 Å². The van der Waals surface area contributed by atoms with Crippen molar-refractivity contribution in [2.24, 2.45) is 0 Å². The standard InChI is InChI=1S/C13H16BrN3/c1-17(2)8-3-5-11-10(7-8)9-4-6-12(14)16-13(9)15-11/h4,6,8H,3,5,7H2,1-2H3,(H,15,16). The molecule has 0 amide bonds. The molecule has 3 rings (SSSR count). The van der Waals surface area contributed by atoms with Gasteiger partial charge in [-0.15, -0.1) is 0 Å². The van der Waals surface area contributed by atoms with E-state index in [1.165, 1.54) is 23.1 Å². The number of likely N-dealkylation sites (N-methyl/N-ethyl adjacent to an activating group) is 1. The van der Waals surface area contributed by atoms with E-state index in [1.807, 2.05) is 6.07 Å². The van der Waals surface area contributed by atoms with Crippen LogP contribution in [0.25, 0.3) is 11.0 Å². The predicted octanol–water partition coefficient (Wildman–Crippen LogP) is 2.74. The van der Waals surface area contributed by atoms with E-state index in [1.54, 1.807) is 0 Å². The number of H-pyrrole nitrogens is 1. The molecule has 0 aromatic carbocycles. The monoisotopic (exact) mass is 293 g/mol. The van der Waals surface area contributed by atoms with E-state index >= 15 is 0 Å². The molecule has 1 N–H and O–H groups in total. The summed E-state index contributed by atoms with van der Waals surface area (Å²) in [6, 6.07) is 4.85. The zero-order valence-corrected chi connectivity index (χ0v) is 11.7. The van der Waals surface area contributed by atoms with Gasteiger partial charge in [0.15, 0.2) is 0 Å². The van der Waals surface area contributed by atoms with E-state index in [9.17, 15) is 0 Å². The van der Waals surface area contributed by atoms with Gasteiger partial charge in [-0.25, -0.2) is 4.98 Å². The fourth-order valence-corrected chi connectivity index (χ4v) is 3.00. The van der Waals surface area contributed by atoms with Gasteiger partial charge in [0.1, 0.15) is 10.3 Å². The molecule has 3 nitrogen and oxygen atoms in total. The highest BCUT2D eigenvalue weighted by atomic mass is 79.9. The first-order valence-electron chi connectivity index (χ1n) is 5.97. The highest BCUT2D eigenvalue weighted by Gasteiger charge is 2.23. The van der Waals surface area contributed by atoms with Crippen LogP contribution in [0.3, 0.4) is 0 Å². The predicted molar refractivity (Wildman–Crippen MR) is 73.3 cm³/mol. The molecule has 0 saturated carbocycles. The van der Waals surface area contributed by atoms with E-state index in [0.717, 1.165) is 23.1 Å². The molecular weight excluding hydrogens is 278 g/mol. The lowest BCUT2D eigenvalue weighted by Gasteiger charge is -2.28. The summed E-state index contributed by atoms with van der Waals surface area (Å²) in [4.78, 5) is 10.3. The molecule has 2 aromatic rings. The maximum atomic E-state index is 4.50. The lowest BCUT2D eigenvalue weighted by molar-refractivity contribution is 0.268. The highest BCUT2D eigenvalue weighted by molar-refractivity contribution is 9.10. The van der Waals surface area contributed by atoms with Gasteiger partial charge in [0.2, 0.25) is 0 Å². The van der Waals surface area contributed by atoms with Gasteiger partial charge in [0, 0.05) is 17.1 Å². The number of aromatic nitrogens is 2. The second-order valence-corrected chi connectivity index (χ2v) is 5.78. The number of halogens is 1. The number of nitrogens with one attached hydrogen (secondary N) is 1. The average molecular weight is 294 g/mol. The summed E-state index contributed by atoms with van der Waals surface area (Å²) in [6.07, 6.45) is 3.49. The molecule has 0 radical (unpaired) electrons. The van der Waals surface area contributed by atoms with E-state index in [4.69, 9.17) is 0 Å². The van der Waals surface area contributed by atoms with Crippen LogP contribution >= 0.6 is 15.9 Å². The van der Waals surface area contributed by atoms with Crippen LogP contribution in [0.1, 0.15) is 17.7 Å². The number of fused-ring (bicyclic) bond motifs is 3. The lowest BCUT2D eigenvalue weighted by atomic mass is 9.91. The summed E-state index contributed by atoms with van der Waals surface area (Å²) in [5, 5.41) is 1.29. The normalized spacial score (nSPS) is 19.9. The van der Waals surface area contributed by atoms with Crippen LogP contribution in [0.15, 0.2) is 16.7 Å². The minimum atomic E-state index is 0.658. The molecule has 4 heteroatoms. The quantitative estimate of drug-likeness (QED) is 0.820. The van der Waals surface area contributed by atoms with Crippen molar-refractivity contribution in [3.05, 3.63) is 28.0 Å². The Bertz CT molecular complexity index is 559. The molecule has 1 atom stereocenters. The molecule has 0 fully saturated rings. The number of nitrogens with zero attached hydrogens (tertiary/aromatic N) is 2. The summed E-state index contributed by atoms with van der Waals surface area (Å²) < 4.78 is 0.896. The summed E-state index contributed by atoms with van der Waals surface area (Å²) >= 11 is 3.42. The zero-order valence-electron chi connectivity index (χ0n) is 10.1. The van der Waals surface area contributed by atoms with Gasteiger partial charge < -0.3 is 9.88 Å². The van der Waals surface area contributed by atoms with Crippen LogP contribution in [-0.2, 0) is 12.8 Å². The molecule has 2 aromatic heterocycles. The van der Waals surface area contributed by atoms with Crippen molar-refractivity contribution in [1.29, 1.82) is 0 Å². The van der Waals surface area contributed by atoms with Gasteiger partial charge in [0.25, 0.3) is 0 Å². The number of hydrogen-bond donors (Lipinski definition) is 1. The molecule has 17 heavy (non-hydrogen) atoms. The van der Waals surface area contributed by atoms with E-state index in [-0.39, 0.29) is 0 Å². The number of pyridine rings is 1. The average Bonchev–Trinajstić information content (AvgIpc) is 2.64. The fourth-order valence-electron chi connectivity index (χ4n) is 2.69. The lowest BCUT2D eigenvalue weighted by Crippen LogP contribution is -2.33. The van der Waals surface area contributed by atoms with Gasteiger partial charge in [0.05, 0.1) is 0 Å². The zero-order chi connectivity index (χ0) is 12.0. The summed E-state index contributed by atoms with van der Waals surface area (Å²) in [7, 11) is 4.33. The Morgan fingerprint density at radius 2 is 2.24 bits per heavy atom. The fraction of sp³-hybridized carbons (Fsp3) is 0.462. The number of hydrogen-bond acceptors (Lipinski definition) is 2. The molecule has 1 aliphatic carbocycles. The number of aryl methyl sites for hydroxylation is 1. The third-order valence-corrected chi connectivity index (χ3v) is 4.16. The smallest absolute Gasteiger partial charge is 0.139 e. The SMILES string of the molecule is CN(C)C1CCc2[nH]c3nc(Br)ccc3c2C1. The summed E-state index contributed by atoms with van der Waals surface area (Å²) in [6.45, 7) is 0. The second kappa shape index (κ2) is 4.10. The third-order valence-electron chi connectivity index (χ3n) is 3.72. The minimum absolute atomic E-state index is 0.658. The first-order chi connectivity index (χ1) is 8.15. The van der Waals surface area contributed by atoms with Gasteiger partial charge in [-0.1, -0.05) is 0 Å². The van der Waals surface area contributed by atoms with Crippen LogP contribution < -0.4 is 0 Å². The molecule has 0 bridgehead atoms. The van der Waals surface area contributed by atoms with Crippen molar-refractivity contribution in [3.8, 4) is 0 Å². The Hall–Kier alpha value is -0.870. The van der Waals surface area contributed by atoms with E-state index in [0.29, 0.717) is 6.04 Å². The molecule has 90 valence electrons. The van der Waals surface area contributed by atoms with Crippen LogP contribution in [-0.4, -0.2) is 35.0 Å². The van der Waals surface area contributed by atoms with Crippen molar-refractivity contribution in [2.75, 3.05) is 14.1 Å². The number of rotatable bonds is 1. The third kappa shape index (κ3) is 1.89. The molecule has 1 unspecified atom stereocenters. The highest BCUT2D eigenvalue weighted by Crippen LogP contribution is 2.30. The van der Waals surface area contributed by atoms with Gasteiger partial charge >= 0.3 is 0 Å². The molecule has 1 aliphatic rings. The second-order valence-electron chi connectivity index (χ2n) is 4.97. The Labute approximate surface area is 109 Å². The molecule has 0 aliphatic heterocycles. The van der Waals surface area contributed by atoms with Crippen molar-refractivity contribution in [3.63, 3.8) is 0 Å². The van der Waals surface area contributed by atoms with Crippen LogP contribution in [0.2, 0.25) is 0 Å². The Balaban J connectivity index is 2.09. The first kappa shape index (κ1) is 11.2. The van der Waals surface area contributed by atoms with Crippen molar-refractivity contribution in [2.45, 2.75) is 25.3 Å². The Morgan fingerprint density at radius 1 is 1.41 bits per heavy atom. The molecular formula is C13H16BrN3. The van der Waals surface area contributed by atoms with Gasteiger partial charge in [-0.05, 0) is 67.0 Å². The topological polar surface area (TPSA) is 31.9 Å².